The summed E-state index contributed by atoms with van der Waals surface area (Å²) in [5, 5.41) is 0. The van der Waals surface area contributed by atoms with Crippen LogP contribution < -0.4 is 13.7 Å². The van der Waals surface area contributed by atoms with Crippen molar-refractivity contribution in [3.05, 3.63) is 47.5 Å². The molecular formula is C17H19N2O5S2-. The van der Waals surface area contributed by atoms with E-state index >= 15 is 0 Å². The zero-order valence-corrected chi connectivity index (χ0v) is 16.3. The largest absolute Gasteiger partial charge is 0.692 e. The van der Waals surface area contributed by atoms with Crippen molar-refractivity contribution >= 4 is 22.1 Å². The first-order chi connectivity index (χ1) is 12.4. The van der Waals surface area contributed by atoms with Crippen LogP contribution in [0.4, 0.5) is 0 Å². The minimum atomic E-state index is -4.48. The number of hydrogen-bond acceptors (Lipinski definition) is 6. The summed E-state index contributed by atoms with van der Waals surface area (Å²) in [6.07, 6.45) is 0. The number of benzene rings is 2. The molecule has 2 rings (SSSR count). The Balaban J connectivity index is 2.47. The van der Waals surface area contributed by atoms with Crippen LogP contribution >= 0.6 is 11.8 Å². The summed E-state index contributed by atoms with van der Waals surface area (Å²) in [5.41, 5.74) is 9.71. The minimum Gasteiger partial charge on any atom is -0.692 e. The van der Waals surface area contributed by atoms with Gasteiger partial charge in [-0.1, -0.05) is 29.5 Å². The highest BCUT2D eigenvalue weighted by Crippen LogP contribution is 2.43. The van der Waals surface area contributed by atoms with Crippen LogP contribution in [-0.2, 0) is 10.3 Å². The van der Waals surface area contributed by atoms with Gasteiger partial charge in [0.15, 0.2) is 11.5 Å². The molecule has 0 spiro atoms. The molecule has 9 heteroatoms. The zero-order valence-electron chi connectivity index (χ0n) is 14.6. The lowest BCUT2D eigenvalue weighted by molar-refractivity contribution is 0.314. The molecule has 0 N–H and O–H groups in total. The van der Waals surface area contributed by atoms with Crippen LogP contribution in [0.3, 0.4) is 0 Å². The Bertz CT molecular complexity index is 867. The Hall–Kier alpha value is -2.26. The van der Waals surface area contributed by atoms with Crippen LogP contribution in [0, 0.1) is 6.92 Å². The van der Waals surface area contributed by atoms with Gasteiger partial charge in [-0.3, -0.25) is 4.52 Å². The van der Waals surface area contributed by atoms with E-state index in [9.17, 15) is 8.42 Å². The van der Waals surface area contributed by atoms with Gasteiger partial charge in [0.1, 0.15) is 5.75 Å². The van der Waals surface area contributed by atoms with Gasteiger partial charge < -0.3 is 19.2 Å². The summed E-state index contributed by atoms with van der Waals surface area (Å²) in [6, 6.07) is 11.0. The molecule has 0 aliphatic carbocycles. The van der Waals surface area contributed by atoms with Crippen LogP contribution in [0.15, 0.2) is 50.7 Å². The van der Waals surface area contributed by atoms with Gasteiger partial charge >= 0.3 is 10.3 Å². The summed E-state index contributed by atoms with van der Waals surface area (Å²) < 4.78 is 41.0. The fourth-order valence-corrected chi connectivity index (χ4v) is 3.37. The monoisotopic (exact) mass is 395 g/mol. The van der Waals surface area contributed by atoms with E-state index in [4.69, 9.17) is 19.2 Å². The Labute approximate surface area is 157 Å². The second-order valence-corrected chi connectivity index (χ2v) is 7.42. The number of ether oxygens (including phenoxy) is 2. The molecular weight excluding hydrogens is 376 g/mol. The van der Waals surface area contributed by atoms with Crippen molar-refractivity contribution in [2.45, 2.75) is 30.6 Å². The molecule has 0 aliphatic rings. The van der Waals surface area contributed by atoms with Crippen molar-refractivity contribution in [1.82, 2.24) is 0 Å². The van der Waals surface area contributed by atoms with E-state index in [0.29, 0.717) is 19.0 Å². The first-order valence-corrected chi connectivity index (χ1v) is 10.1. The fourth-order valence-electron chi connectivity index (χ4n) is 2.07. The number of nitrogens with zero attached hydrogens (tertiary/aromatic N) is 2. The Morgan fingerprint density at radius 3 is 2.19 bits per heavy atom. The van der Waals surface area contributed by atoms with Crippen molar-refractivity contribution in [1.29, 1.82) is 0 Å². The van der Waals surface area contributed by atoms with Crippen molar-refractivity contribution in [2.24, 2.45) is 4.52 Å². The number of aryl methyl sites for hydroxylation is 1. The Kier molecular flexibility index (Phi) is 6.87. The maximum atomic E-state index is 11.5. The molecule has 2 aromatic carbocycles. The molecule has 7 nitrogen and oxygen atoms in total. The maximum Gasteiger partial charge on any atom is 0.409 e. The third-order valence-corrected chi connectivity index (χ3v) is 4.79. The first kappa shape index (κ1) is 20.1. The minimum absolute atomic E-state index is 0.110. The van der Waals surface area contributed by atoms with Crippen LogP contribution in [0.1, 0.15) is 19.4 Å². The highest BCUT2D eigenvalue weighted by atomic mass is 32.2. The summed E-state index contributed by atoms with van der Waals surface area (Å²) in [7, 11) is -4.48. The lowest BCUT2D eigenvalue weighted by atomic mass is 10.2. The Morgan fingerprint density at radius 2 is 1.62 bits per heavy atom. The molecule has 26 heavy (non-hydrogen) atoms. The summed E-state index contributed by atoms with van der Waals surface area (Å²) in [5.74, 6) is 0.531. The zero-order chi connectivity index (χ0) is 19.2. The second kappa shape index (κ2) is 8.91. The van der Waals surface area contributed by atoms with E-state index in [1.54, 1.807) is 13.0 Å². The molecule has 0 saturated carbocycles. The number of hydrogen-bond donors (Lipinski definition) is 0. The quantitative estimate of drug-likeness (QED) is 0.576. The molecule has 0 amide bonds. The normalized spacial score (nSPS) is 11.0. The standard InChI is InChI=1S/C17H19N2O5S2/c1-4-22-14-11-17(25-13-8-6-12(3)7-9-13)16(23-5-2)10-15(14)24-26(20,21)19-18/h6-11H,4-5H2,1-3H3/q-1. The van der Waals surface area contributed by atoms with Crippen LogP contribution in [0.2, 0.25) is 0 Å². The Morgan fingerprint density at radius 1 is 1.00 bits per heavy atom. The predicted molar refractivity (Wildman–Crippen MR) is 99.4 cm³/mol. The second-order valence-electron chi connectivity index (χ2n) is 5.12. The molecule has 0 aliphatic heterocycles. The maximum absolute atomic E-state index is 11.5. The predicted octanol–water partition coefficient (Wildman–Crippen LogP) is 4.59. The van der Waals surface area contributed by atoms with Gasteiger partial charge in [-0.05, 0) is 32.9 Å². The fraction of sp³-hybridized carbons (Fsp3) is 0.294. The van der Waals surface area contributed by atoms with Gasteiger partial charge in [0.25, 0.3) is 0 Å². The molecule has 0 aromatic heterocycles. The van der Waals surface area contributed by atoms with Crippen molar-refractivity contribution in [3.63, 3.8) is 0 Å². The van der Waals surface area contributed by atoms with Gasteiger partial charge in [0.05, 0.1) is 18.1 Å². The van der Waals surface area contributed by atoms with E-state index in [1.807, 2.05) is 38.1 Å². The van der Waals surface area contributed by atoms with Gasteiger partial charge in [0, 0.05) is 17.0 Å². The van der Waals surface area contributed by atoms with Crippen molar-refractivity contribution in [3.8, 4) is 17.2 Å². The van der Waals surface area contributed by atoms with E-state index in [1.165, 1.54) is 17.8 Å². The summed E-state index contributed by atoms with van der Waals surface area (Å²) in [4.78, 5) is 1.73. The van der Waals surface area contributed by atoms with E-state index in [0.717, 1.165) is 15.4 Å². The molecule has 0 unspecified atom stereocenters. The van der Waals surface area contributed by atoms with Gasteiger partial charge in [0.2, 0.25) is 0 Å². The van der Waals surface area contributed by atoms with Gasteiger partial charge in [-0.25, -0.2) is 0 Å². The molecule has 0 fully saturated rings. The molecule has 0 saturated heterocycles. The molecule has 0 atom stereocenters. The van der Waals surface area contributed by atoms with Crippen molar-refractivity contribution < 1.29 is 22.1 Å². The highest BCUT2D eigenvalue weighted by Gasteiger charge is 2.18. The summed E-state index contributed by atoms with van der Waals surface area (Å²) >= 11 is 1.45. The highest BCUT2D eigenvalue weighted by molar-refractivity contribution is 7.99. The smallest absolute Gasteiger partial charge is 0.409 e. The first-order valence-electron chi connectivity index (χ1n) is 7.87. The molecule has 0 heterocycles. The molecule has 2 aromatic rings. The lowest BCUT2D eigenvalue weighted by Gasteiger charge is -2.16. The molecule has 0 radical (unpaired) electrons. The molecule has 140 valence electrons. The van der Waals surface area contributed by atoms with Gasteiger partial charge in [-0.2, -0.15) is 8.42 Å². The third-order valence-electron chi connectivity index (χ3n) is 3.15. The topological polar surface area (TPSA) is 96.5 Å². The van der Waals surface area contributed by atoms with Crippen LogP contribution in [-0.4, -0.2) is 21.6 Å². The number of rotatable bonds is 9. The van der Waals surface area contributed by atoms with E-state index in [2.05, 4.69) is 4.52 Å². The SMILES string of the molecule is CCOc1cc(Sc2ccc(C)cc2)c(OCC)cc1OS(=O)(=O)N=[N-]. The summed E-state index contributed by atoms with van der Waals surface area (Å²) in [6.45, 7) is 6.27. The lowest BCUT2D eigenvalue weighted by Crippen LogP contribution is -2.07. The van der Waals surface area contributed by atoms with Crippen molar-refractivity contribution in [2.75, 3.05) is 13.2 Å². The van der Waals surface area contributed by atoms with Gasteiger partial charge in [-0.15, -0.1) is 0 Å². The average molecular weight is 395 g/mol. The molecule has 0 bridgehead atoms. The third kappa shape index (κ3) is 5.37. The van der Waals surface area contributed by atoms with Crippen LogP contribution in [0.5, 0.6) is 17.2 Å². The van der Waals surface area contributed by atoms with E-state index < -0.39 is 10.3 Å². The average Bonchev–Trinajstić information content (AvgIpc) is 2.60. The van der Waals surface area contributed by atoms with E-state index in [-0.39, 0.29) is 11.5 Å². The van der Waals surface area contributed by atoms with Crippen LogP contribution in [0.25, 0.3) is 5.53 Å².